The SMILES string of the molecule is Nc1nc(N)nc(COC(=O)c2nc(-c3cccs3)n(-c3ccc(F)cc3)n2)n1. The van der Waals surface area contributed by atoms with Crippen LogP contribution in [-0.4, -0.2) is 35.7 Å². The fourth-order valence-corrected chi connectivity index (χ4v) is 3.14. The maximum atomic E-state index is 13.3. The van der Waals surface area contributed by atoms with E-state index < -0.39 is 5.97 Å². The zero-order chi connectivity index (χ0) is 20.4. The second-order valence-electron chi connectivity index (χ2n) is 5.67. The quantitative estimate of drug-likeness (QED) is 0.468. The van der Waals surface area contributed by atoms with Gasteiger partial charge in [0.15, 0.2) is 18.3 Å². The van der Waals surface area contributed by atoms with Crippen LogP contribution in [0.15, 0.2) is 41.8 Å². The van der Waals surface area contributed by atoms with E-state index in [-0.39, 0.29) is 36.0 Å². The molecule has 0 fully saturated rings. The Labute approximate surface area is 167 Å². The largest absolute Gasteiger partial charge is 0.452 e. The Morgan fingerprint density at radius 3 is 2.45 bits per heavy atom. The first kappa shape index (κ1) is 18.4. The molecule has 4 N–H and O–H groups in total. The van der Waals surface area contributed by atoms with Gasteiger partial charge in [-0.25, -0.2) is 13.9 Å². The number of ether oxygens (including phenoxy) is 1. The molecule has 0 atom stereocenters. The van der Waals surface area contributed by atoms with Gasteiger partial charge in [0, 0.05) is 0 Å². The van der Waals surface area contributed by atoms with Crippen LogP contribution < -0.4 is 11.5 Å². The molecule has 3 aromatic heterocycles. The average molecular weight is 412 g/mol. The summed E-state index contributed by atoms with van der Waals surface area (Å²) in [5.41, 5.74) is 11.5. The predicted octanol–water partition coefficient (Wildman–Crippen LogP) is 1.84. The molecule has 0 amide bonds. The highest BCUT2D eigenvalue weighted by molar-refractivity contribution is 7.13. The van der Waals surface area contributed by atoms with Crippen molar-refractivity contribution < 1.29 is 13.9 Å². The number of carbonyl (C=O) groups excluding carboxylic acids is 1. The number of esters is 1. The van der Waals surface area contributed by atoms with E-state index in [2.05, 4.69) is 25.0 Å². The van der Waals surface area contributed by atoms with Gasteiger partial charge in [-0.15, -0.1) is 16.4 Å². The van der Waals surface area contributed by atoms with Crippen LogP contribution in [0.1, 0.15) is 16.4 Å². The summed E-state index contributed by atoms with van der Waals surface area (Å²) >= 11 is 1.42. The van der Waals surface area contributed by atoms with Crippen molar-refractivity contribution in [3.63, 3.8) is 0 Å². The van der Waals surface area contributed by atoms with Gasteiger partial charge in [-0.3, -0.25) is 0 Å². The number of hydrogen-bond acceptors (Lipinski definition) is 10. The van der Waals surface area contributed by atoms with Crippen LogP contribution in [0.2, 0.25) is 0 Å². The molecule has 0 spiro atoms. The van der Waals surface area contributed by atoms with E-state index in [1.807, 2.05) is 17.5 Å². The number of aromatic nitrogens is 6. The molecule has 3 heterocycles. The zero-order valence-electron chi connectivity index (χ0n) is 14.7. The van der Waals surface area contributed by atoms with Gasteiger partial charge in [0.1, 0.15) is 5.82 Å². The molecule has 12 heteroatoms. The van der Waals surface area contributed by atoms with E-state index in [0.29, 0.717) is 11.5 Å². The van der Waals surface area contributed by atoms with Gasteiger partial charge in [-0.05, 0) is 35.7 Å². The smallest absolute Gasteiger partial charge is 0.378 e. The van der Waals surface area contributed by atoms with Crippen molar-refractivity contribution in [1.82, 2.24) is 29.7 Å². The summed E-state index contributed by atoms with van der Waals surface area (Å²) < 4.78 is 19.9. The van der Waals surface area contributed by atoms with Crippen LogP contribution in [0, 0.1) is 5.82 Å². The highest BCUT2D eigenvalue weighted by Crippen LogP contribution is 2.26. The van der Waals surface area contributed by atoms with Gasteiger partial charge >= 0.3 is 5.97 Å². The third kappa shape index (κ3) is 4.01. The first-order valence-electron chi connectivity index (χ1n) is 8.19. The number of nitrogen functional groups attached to an aromatic ring is 2. The molecule has 4 aromatic rings. The Hall–Kier alpha value is -3.93. The highest BCUT2D eigenvalue weighted by atomic mass is 32.1. The summed E-state index contributed by atoms with van der Waals surface area (Å²) in [4.78, 5) is 28.8. The van der Waals surface area contributed by atoms with Crippen molar-refractivity contribution in [3.05, 3.63) is 59.2 Å². The monoisotopic (exact) mass is 412 g/mol. The first-order chi connectivity index (χ1) is 14.0. The van der Waals surface area contributed by atoms with Gasteiger partial charge in [0.2, 0.25) is 11.9 Å². The minimum absolute atomic E-state index is 0.0813. The maximum absolute atomic E-state index is 13.3. The Morgan fingerprint density at radius 1 is 1.07 bits per heavy atom. The molecular formula is C17H13FN8O2S. The fraction of sp³-hybridized carbons (Fsp3) is 0.0588. The van der Waals surface area contributed by atoms with Crippen LogP contribution in [0.5, 0.6) is 0 Å². The van der Waals surface area contributed by atoms with Crippen molar-refractivity contribution >= 4 is 29.2 Å². The molecule has 0 aliphatic carbocycles. The molecule has 10 nitrogen and oxygen atoms in total. The molecule has 0 radical (unpaired) electrons. The Kier molecular flexibility index (Phi) is 4.83. The second kappa shape index (κ2) is 7.59. The summed E-state index contributed by atoms with van der Waals surface area (Å²) in [6, 6.07) is 9.34. The summed E-state index contributed by atoms with van der Waals surface area (Å²) in [7, 11) is 0. The number of carbonyl (C=O) groups is 1. The number of thiophene rings is 1. The molecule has 0 aliphatic heterocycles. The van der Waals surface area contributed by atoms with Gasteiger partial charge in [0.05, 0.1) is 10.6 Å². The van der Waals surface area contributed by atoms with E-state index >= 15 is 0 Å². The minimum Gasteiger partial charge on any atom is -0.452 e. The van der Waals surface area contributed by atoms with E-state index in [1.165, 1.54) is 40.3 Å². The third-order valence-corrected chi connectivity index (χ3v) is 4.52. The molecule has 1 aromatic carbocycles. The van der Waals surface area contributed by atoms with Crippen molar-refractivity contribution in [3.8, 4) is 16.4 Å². The van der Waals surface area contributed by atoms with Gasteiger partial charge in [-0.2, -0.15) is 19.9 Å². The lowest BCUT2D eigenvalue weighted by Gasteiger charge is -2.04. The van der Waals surface area contributed by atoms with Crippen LogP contribution in [0.3, 0.4) is 0 Å². The van der Waals surface area contributed by atoms with Crippen molar-refractivity contribution in [1.29, 1.82) is 0 Å². The zero-order valence-corrected chi connectivity index (χ0v) is 15.5. The molecule has 0 saturated heterocycles. The maximum Gasteiger partial charge on any atom is 0.378 e. The molecule has 0 bridgehead atoms. The number of nitrogens with zero attached hydrogens (tertiary/aromatic N) is 6. The molecule has 146 valence electrons. The van der Waals surface area contributed by atoms with E-state index in [0.717, 1.165) is 4.88 Å². The number of anilines is 2. The normalized spacial score (nSPS) is 10.8. The molecule has 0 saturated carbocycles. The number of rotatable bonds is 5. The second-order valence-corrected chi connectivity index (χ2v) is 6.62. The highest BCUT2D eigenvalue weighted by Gasteiger charge is 2.21. The average Bonchev–Trinajstić information content (AvgIpc) is 3.35. The summed E-state index contributed by atoms with van der Waals surface area (Å²) in [5, 5.41) is 6.09. The van der Waals surface area contributed by atoms with Gasteiger partial charge < -0.3 is 16.2 Å². The topological polar surface area (TPSA) is 148 Å². The lowest BCUT2D eigenvalue weighted by molar-refractivity contribution is 0.0448. The van der Waals surface area contributed by atoms with Crippen LogP contribution >= 0.6 is 11.3 Å². The Balaban J connectivity index is 1.62. The molecule has 0 unspecified atom stereocenters. The summed E-state index contributed by atoms with van der Waals surface area (Å²) in [6.45, 7) is -0.283. The Morgan fingerprint density at radius 2 is 1.79 bits per heavy atom. The van der Waals surface area contributed by atoms with Crippen LogP contribution in [0.4, 0.5) is 16.3 Å². The first-order valence-corrected chi connectivity index (χ1v) is 9.07. The standard InChI is InChI=1S/C17H13FN8O2S/c18-9-3-5-10(6-4-9)26-14(11-2-1-7-29-11)23-13(25-26)15(27)28-8-12-21-16(19)24-17(20)22-12/h1-7H,8H2,(H4,19,20,21,22,24). The van der Waals surface area contributed by atoms with Gasteiger partial charge in [0.25, 0.3) is 5.82 Å². The van der Waals surface area contributed by atoms with E-state index in [1.54, 1.807) is 0 Å². The van der Waals surface area contributed by atoms with Crippen molar-refractivity contribution in [2.75, 3.05) is 11.5 Å². The predicted molar refractivity (Wildman–Crippen MR) is 102 cm³/mol. The fourth-order valence-electron chi connectivity index (χ4n) is 2.44. The summed E-state index contributed by atoms with van der Waals surface area (Å²) in [6.07, 6.45) is 0. The molecular weight excluding hydrogens is 399 g/mol. The number of halogens is 1. The van der Waals surface area contributed by atoms with E-state index in [9.17, 15) is 9.18 Å². The lowest BCUT2D eigenvalue weighted by Crippen LogP contribution is -2.12. The van der Waals surface area contributed by atoms with Crippen molar-refractivity contribution in [2.24, 2.45) is 0 Å². The molecule has 0 aliphatic rings. The number of hydrogen-bond donors (Lipinski definition) is 2. The summed E-state index contributed by atoms with van der Waals surface area (Å²) in [5.74, 6) is -0.993. The molecule has 29 heavy (non-hydrogen) atoms. The molecule has 4 rings (SSSR count). The number of nitrogens with two attached hydrogens (primary N) is 2. The van der Waals surface area contributed by atoms with Crippen molar-refractivity contribution in [2.45, 2.75) is 6.61 Å². The minimum atomic E-state index is -0.791. The van der Waals surface area contributed by atoms with Crippen LogP contribution in [-0.2, 0) is 11.3 Å². The number of benzene rings is 1. The van der Waals surface area contributed by atoms with E-state index in [4.69, 9.17) is 16.2 Å². The van der Waals surface area contributed by atoms with Crippen LogP contribution in [0.25, 0.3) is 16.4 Å². The Bertz CT molecular complexity index is 1140. The lowest BCUT2D eigenvalue weighted by atomic mass is 10.3. The van der Waals surface area contributed by atoms with Gasteiger partial charge in [-0.1, -0.05) is 6.07 Å². The third-order valence-electron chi connectivity index (χ3n) is 3.65.